The Bertz CT molecular complexity index is 1150. The molecule has 2 aliphatic rings. The zero-order valence-corrected chi connectivity index (χ0v) is 18.8. The van der Waals surface area contributed by atoms with E-state index in [4.69, 9.17) is 17.3 Å². The minimum absolute atomic E-state index is 0.0113. The number of pyridine rings is 1. The smallest absolute Gasteiger partial charge is 0.303 e. The zero-order chi connectivity index (χ0) is 22.7. The van der Waals surface area contributed by atoms with Gasteiger partial charge in [0.1, 0.15) is 4.32 Å². The van der Waals surface area contributed by atoms with Crippen molar-refractivity contribution in [3.63, 3.8) is 0 Å². The van der Waals surface area contributed by atoms with E-state index in [0.717, 1.165) is 28.9 Å². The lowest BCUT2D eigenvalue weighted by molar-refractivity contribution is -0.137. The van der Waals surface area contributed by atoms with Crippen LogP contribution in [0, 0.1) is 0 Å². The maximum Gasteiger partial charge on any atom is 0.303 e. The Kier molecular flexibility index (Phi) is 6.66. The van der Waals surface area contributed by atoms with Crippen LogP contribution in [0.1, 0.15) is 36.9 Å². The van der Waals surface area contributed by atoms with Crippen molar-refractivity contribution in [1.29, 1.82) is 0 Å². The summed E-state index contributed by atoms with van der Waals surface area (Å²) in [5.74, 6) is -0.966. The van der Waals surface area contributed by atoms with Gasteiger partial charge in [-0.1, -0.05) is 48.6 Å². The lowest BCUT2D eigenvalue weighted by atomic mass is 10.1. The Balaban J connectivity index is 1.45. The van der Waals surface area contributed by atoms with Crippen LogP contribution in [0.15, 0.2) is 41.3 Å². The summed E-state index contributed by atoms with van der Waals surface area (Å²) in [7, 11) is 0. The van der Waals surface area contributed by atoms with Crippen LogP contribution in [0.2, 0.25) is 0 Å². The first-order chi connectivity index (χ1) is 15.4. The Morgan fingerprint density at radius 1 is 1.22 bits per heavy atom. The van der Waals surface area contributed by atoms with E-state index in [9.17, 15) is 14.4 Å². The monoisotopic (exact) mass is 467 g/mol. The first-order valence-electron chi connectivity index (χ1n) is 10.3. The lowest BCUT2D eigenvalue weighted by Gasteiger charge is -2.13. The number of nitrogens with zero attached hydrogens (tertiary/aromatic N) is 2. The first-order valence-corrected chi connectivity index (χ1v) is 11.5. The molecule has 2 aliphatic heterocycles. The average Bonchev–Trinajstić information content (AvgIpc) is 3.26. The van der Waals surface area contributed by atoms with Crippen molar-refractivity contribution in [2.75, 3.05) is 11.9 Å². The van der Waals surface area contributed by atoms with Gasteiger partial charge in [-0.15, -0.1) is 0 Å². The second-order valence-electron chi connectivity index (χ2n) is 7.58. The number of nitrogens with one attached hydrogen (secondary N) is 1. The number of carbonyl (C=O) groups is 3. The number of carboxylic acids is 1. The lowest BCUT2D eigenvalue weighted by Crippen LogP contribution is -2.29. The molecular formula is C23H21N3O4S2. The molecule has 32 heavy (non-hydrogen) atoms. The number of carboxylic acid groups (broad SMARTS) is 1. The molecule has 164 valence electrons. The number of carbonyl (C=O) groups excluding carboxylic acids is 2. The number of anilines is 1. The maximum atomic E-state index is 12.8. The van der Waals surface area contributed by atoms with Crippen molar-refractivity contribution in [2.24, 2.45) is 0 Å². The summed E-state index contributed by atoms with van der Waals surface area (Å²) in [5.41, 5.74) is 4.06. The number of aliphatic carboxylic acids is 1. The molecule has 2 N–H and O–H groups in total. The second kappa shape index (κ2) is 9.62. The van der Waals surface area contributed by atoms with Crippen LogP contribution in [0.25, 0.3) is 17.3 Å². The molecule has 3 heterocycles. The number of fused-ring (bicyclic) bond motifs is 1. The van der Waals surface area contributed by atoms with E-state index in [2.05, 4.69) is 10.3 Å². The summed E-state index contributed by atoms with van der Waals surface area (Å²) in [5, 5.41) is 11.6. The van der Waals surface area contributed by atoms with Crippen LogP contribution >= 0.6 is 24.0 Å². The van der Waals surface area contributed by atoms with Crippen LogP contribution < -0.4 is 5.32 Å². The molecule has 4 rings (SSSR count). The molecule has 1 saturated heterocycles. The van der Waals surface area contributed by atoms with Gasteiger partial charge < -0.3 is 10.4 Å². The molecule has 1 fully saturated rings. The van der Waals surface area contributed by atoms with Crippen molar-refractivity contribution in [3.8, 4) is 11.3 Å². The molecule has 9 heteroatoms. The molecule has 1 aromatic heterocycles. The van der Waals surface area contributed by atoms with Crippen LogP contribution in [-0.2, 0) is 20.8 Å². The largest absolute Gasteiger partial charge is 0.481 e. The van der Waals surface area contributed by atoms with Gasteiger partial charge in [-0.3, -0.25) is 19.3 Å². The third-order valence-corrected chi connectivity index (χ3v) is 6.60. The van der Waals surface area contributed by atoms with E-state index in [0.29, 0.717) is 40.7 Å². The number of amides is 2. The van der Waals surface area contributed by atoms with Crippen LogP contribution in [-0.4, -0.2) is 43.6 Å². The zero-order valence-electron chi connectivity index (χ0n) is 17.2. The molecule has 1 aromatic carbocycles. The van der Waals surface area contributed by atoms with E-state index >= 15 is 0 Å². The van der Waals surface area contributed by atoms with Gasteiger partial charge in [0.25, 0.3) is 5.91 Å². The van der Waals surface area contributed by atoms with Gasteiger partial charge in [-0.05, 0) is 42.7 Å². The van der Waals surface area contributed by atoms with Gasteiger partial charge in [0, 0.05) is 24.2 Å². The Morgan fingerprint density at radius 2 is 2.06 bits per heavy atom. The SMILES string of the molecule is O=C(O)CCCCCN1C(=O)/C(=C/c2cccc(-c3ccc4c(c3)NC(=O)C4)n2)SC1=S. The van der Waals surface area contributed by atoms with Crippen molar-refractivity contribution in [1.82, 2.24) is 9.88 Å². The highest BCUT2D eigenvalue weighted by atomic mass is 32.2. The van der Waals surface area contributed by atoms with Gasteiger partial charge in [0.05, 0.1) is 22.7 Å². The fourth-order valence-electron chi connectivity index (χ4n) is 3.62. The van der Waals surface area contributed by atoms with E-state index in [-0.39, 0.29) is 18.2 Å². The number of aromatic nitrogens is 1. The summed E-state index contributed by atoms with van der Waals surface area (Å²) in [6, 6.07) is 11.4. The van der Waals surface area contributed by atoms with Gasteiger partial charge in [0.2, 0.25) is 5.91 Å². The van der Waals surface area contributed by atoms with E-state index in [1.54, 1.807) is 11.0 Å². The fourth-order valence-corrected chi connectivity index (χ4v) is 4.91. The standard InChI is InChI=1S/C23H21N3O4S2/c27-20-12-15-9-8-14(11-18(15)25-20)17-6-4-5-16(24-17)13-19-22(30)26(23(31)32-19)10-3-1-2-7-21(28)29/h4-6,8-9,11,13H,1-3,7,10,12H2,(H,25,27)(H,28,29)/b19-13-. The van der Waals surface area contributed by atoms with E-state index in [1.165, 1.54) is 11.8 Å². The number of thiocarbonyl (C=S) groups is 1. The summed E-state index contributed by atoms with van der Waals surface area (Å²) in [4.78, 5) is 41.7. The summed E-state index contributed by atoms with van der Waals surface area (Å²) in [6.45, 7) is 0.482. The maximum absolute atomic E-state index is 12.8. The Hall–Kier alpha value is -3.04. The Morgan fingerprint density at radius 3 is 2.88 bits per heavy atom. The quantitative estimate of drug-likeness (QED) is 0.343. The van der Waals surface area contributed by atoms with Gasteiger partial charge >= 0.3 is 5.97 Å². The molecular weight excluding hydrogens is 446 g/mol. The van der Waals surface area contributed by atoms with Crippen molar-refractivity contribution < 1.29 is 19.5 Å². The molecule has 0 unspecified atom stereocenters. The Labute approximate surface area is 194 Å². The molecule has 0 saturated carbocycles. The number of unbranched alkanes of at least 4 members (excludes halogenated alkanes) is 2. The molecule has 7 nitrogen and oxygen atoms in total. The summed E-state index contributed by atoms with van der Waals surface area (Å²) >= 11 is 6.62. The number of thioether (sulfide) groups is 1. The number of hydrogen-bond donors (Lipinski definition) is 2. The predicted octanol–water partition coefficient (Wildman–Crippen LogP) is 4.09. The van der Waals surface area contributed by atoms with E-state index < -0.39 is 5.97 Å². The van der Waals surface area contributed by atoms with Crippen LogP contribution in [0.3, 0.4) is 0 Å². The normalized spacial score (nSPS) is 16.6. The molecule has 0 radical (unpaired) electrons. The third-order valence-electron chi connectivity index (χ3n) is 5.23. The van der Waals surface area contributed by atoms with Gasteiger partial charge in [-0.2, -0.15) is 0 Å². The van der Waals surface area contributed by atoms with E-state index in [1.807, 2.05) is 36.4 Å². The van der Waals surface area contributed by atoms with Crippen molar-refractivity contribution >= 4 is 57.8 Å². The summed E-state index contributed by atoms with van der Waals surface area (Å²) in [6.07, 6.45) is 4.29. The fraction of sp³-hybridized carbons (Fsp3) is 0.261. The number of hydrogen-bond acceptors (Lipinski definition) is 6. The van der Waals surface area contributed by atoms with Gasteiger partial charge in [0.15, 0.2) is 0 Å². The molecule has 0 bridgehead atoms. The average molecular weight is 468 g/mol. The molecule has 2 aromatic rings. The number of benzene rings is 1. The second-order valence-corrected chi connectivity index (χ2v) is 9.26. The highest BCUT2D eigenvalue weighted by molar-refractivity contribution is 8.26. The molecule has 0 spiro atoms. The van der Waals surface area contributed by atoms with Crippen LogP contribution in [0.5, 0.6) is 0 Å². The highest BCUT2D eigenvalue weighted by Gasteiger charge is 2.31. The predicted molar refractivity (Wildman–Crippen MR) is 128 cm³/mol. The third kappa shape index (κ3) is 5.05. The minimum atomic E-state index is -0.807. The molecule has 0 atom stereocenters. The van der Waals surface area contributed by atoms with Crippen molar-refractivity contribution in [2.45, 2.75) is 32.1 Å². The van der Waals surface area contributed by atoms with Crippen molar-refractivity contribution in [3.05, 3.63) is 52.6 Å². The molecule has 0 aliphatic carbocycles. The van der Waals surface area contributed by atoms with Crippen LogP contribution in [0.4, 0.5) is 5.69 Å². The number of rotatable bonds is 8. The minimum Gasteiger partial charge on any atom is -0.481 e. The topological polar surface area (TPSA) is 99.6 Å². The summed E-state index contributed by atoms with van der Waals surface area (Å²) < 4.78 is 0.505. The molecule has 2 amide bonds. The van der Waals surface area contributed by atoms with Gasteiger partial charge in [-0.25, -0.2) is 4.98 Å². The first kappa shape index (κ1) is 22.2. The highest BCUT2D eigenvalue weighted by Crippen LogP contribution is 2.33.